The van der Waals surface area contributed by atoms with Crippen molar-refractivity contribution in [2.75, 3.05) is 0 Å². The van der Waals surface area contributed by atoms with Crippen LogP contribution >= 0.6 is 0 Å². The number of aliphatic hydroxyl groups excluding tert-OH is 1. The molecule has 31 heavy (non-hydrogen) atoms. The van der Waals surface area contributed by atoms with Crippen LogP contribution in [0.15, 0.2) is 0 Å². The van der Waals surface area contributed by atoms with Gasteiger partial charge in [0.25, 0.3) is 0 Å². The first kappa shape index (κ1) is 31.0. The minimum absolute atomic E-state index is 0.0494. The fourth-order valence-corrected chi connectivity index (χ4v) is 4.96. The molecule has 0 heterocycles. The zero-order chi connectivity index (χ0) is 22.8. The van der Waals surface area contributed by atoms with Gasteiger partial charge in [-0.15, -0.1) is 0 Å². The third kappa shape index (κ3) is 24.4. The molecule has 0 saturated heterocycles. The second-order valence-corrected chi connectivity index (χ2v) is 10.5. The Morgan fingerprint density at radius 2 is 0.742 bits per heavy atom. The molecule has 0 aliphatic rings. The maximum atomic E-state index is 10.5. The quantitative estimate of drug-likeness (QED) is 0.133. The van der Waals surface area contributed by atoms with Crippen LogP contribution in [-0.2, 0) is 0 Å². The van der Waals surface area contributed by atoms with Gasteiger partial charge in [0.05, 0.1) is 6.10 Å². The van der Waals surface area contributed by atoms with Gasteiger partial charge in [-0.25, -0.2) is 0 Å². The smallest absolute Gasteiger partial charge is 0.0542 e. The van der Waals surface area contributed by atoms with E-state index in [4.69, 9.17) is 0 Å². The van der Waals surface area contributed by atoms with E-state index in [1.165, 1.54) is 148 Å². The van der Waals surface area contributed by atoms with Gasteiger partial charge >= 0.3 is 0 Å². The maximum Gasteiger partial charge on any atom is 0.0542 e. The van der Waals surface area contributed by atoms with Crippen LogP contribution in [0.3, 0.4) is 0 Å². The van der Waals surface area contributed by atoms with Crippen LogP contribution < -0.4 is 0 Å². The molecule has 1 heteroatoms. The molecule has 0 spiro atoms. The Morgan fingerprint density at radius 1 is 0.419 bits per heavy atom. The Kier molecular flexibility index (Phi) is 26.2. The molecular formula is C30H62O. The van der Waals surface area contributed by atoms with E-state index in [0.29, 0.717) is 0 Å². The maximum absolute atomic E-state index is 10.5. The van der Waals surface area contributed by atoms with Gasteiger partial charge in [0.1, 0.15) is 0 Å². The molecule has 2 unspecified atom stereocenters. The summed E-state index contributed by atoms with van der Waals surface area (Å²) in [5.74, 6) is 0.747. The fraction of sp³-hybridized carbons (Fsp3) is 1.00. The lowest BCUT2D eigenvalue weighted by molar-refractivity contribution is 0.125. The van der Waals surface area contributed by atoms with Crippen molar-refractivity contribution < 1.29 is 5.11 Å². The van der Waals surface area contributed by atoms with E-state index in [1.54, 1.807) is 0 Å². The monoisotopic (exact) mass is 438 g/mol. The van der Waals surface area contributed by atoms with E-state index in [2.05, 4.69) is 20.8 Å². The summed E-state index contributed by atoms with van der Waals surface area (Å²) in [4.78, 5) is 0. The third-order valence-electron chi connectivity index (χ3n) is 7.29. The zero-order valence-electron chi connectivity index (χ0n) is 22.3. The average Bonchev–Trinajstić information content (AvgIpc) is 2.77. The van der Waals surface area contributed by atoms with Crippen molar-refractivity contribution in [3.8, 4) is 0 Å². The second kappa shape index (κ2) is 26.2. The Hall–Kier alpha value is -0.0400. The first-order valence-electron chi connectivity index (χ1n) is 14.9. The van der Waals surface area contributed by atoms with Gasteiger partial charge < -0.3 is 5.11 Å². The minimum atomic E-state index is -0.0494. The molecule has 0 aliphatic heterocycles. The standard InChI is InChI=1S/C30H62O/c1-4-7-9-11-13-15-16-17-19-21-23-25-27-30(31)28-29(6-3)26-24-22-20-18-14-12-10-8-5-2/h29-31H,4-28H2,1-3H3. The number of rotatable bonds is 26. The summed E-state index contributed by atoms with van der Waals surface area (Å²) < 4.78 is 0. The molecule has 1 N–H and O–H groups in total. The molecule has 0 fully saturated rings. The summed E-state index contributed by atoms with van der Waals surface area (Å²) in [5.41, 5.74) is 0. The van der Waals surface area contributed by atoms with Crippen molar-refractivity contribution in [1.29, 1.82) is 0 Å². The van der Waals surface area contributed by atoms with Crippen molar-refractivity contribution in [2.24, 2.45) is 5.92 Å². The summed E-state index contributed by atoms with van der Waals surface area (Å²) in [7, 11) is 0. The lowest BCUT2D eigenvalue weighted by Gasteiger charge is -2.19. The van der Waals surface area contributed by atoms with Gasteiger partial charge in [0.15, 0.2) is 0 Å². The van der Waals surface area contributed by atoms with Crippen LogP contribution in [0, 0.1) is 5.92 Å². The Balaban J connectivity index is 3.42. The van der Waals surface area contributed by atoms with Gasteiger partial charge in [0.2, 0.25) is 0 Å². The molecule has 0 rings (SSSR count). The van der Waals surface area contributed by atoms with Crippen LogP contribution in [0.25, 0.3) is 0 Å². The molecule has 188 valence electrons. The molecule has 1 nitrogen and oxygen atoms in total. The Labute approximate surface area is 198 Å². The van der Waals surface area contributed by atoms with Crippen molar-refractivity contribution in [3.63, 3.8) is 0 Å². The Morgan fingerprint density at radius 3 is 1.10 bits per heavy atom. The van der Waals surface area contributed by atoms with Crippen LogP contribution in [0.2, 0.25) is 0 Å². The lowest BCUT2D eigenvalue weighted by atomic mass is 9.90. The third-order valence-corrected chi connectivity index (χ3v) is 7.29. The normalized spacial score (nSPS) is 13.5. The van der Waals surface area contributed by atoms with Gasteiger partial charge in [-0.1, -0.05) is 168 Å². The van der Waals surface area contributed by atoms with E-state index >= 15 is 0 Å². The highest BCUT2D eigenvalue weighted by Gasteiger charge is 2.12. The zero-order valence-corrected chi connectivity index (χ0v) is 22.3. The fourth-order valence-electron chi connectivity index (χ4n) is 4.96. The van der Waals surface area contributed by atoms with Crippen molar-refractivity contribution in [1.82, 2.24) is 0 Å². The van der Waals surface area contributed by atoms with Gasteiger partial charge in [-0.2, -0.15) is 0 Å². The summed E-state index contributed by atoms with van der Waals surface area (Å²) in [6.45, 7) is 6.90. The molecule has 0 aromatic rings. The minimum Gasteiger partial charge on any atom is -0.393 e. The molecule has 0 saturated carbocycles. The van der Waals surface area contributed by atoms with Crippen LogP contribution in [-0.4, -0.2) is 11.2 Å². The second-order valence-electron chi connectivity index (χ2n) is 10.5. The average molecular weight is 439 g/mol. The van der Waals surface area contributed by atoms with E-state index in [0.717, 1.165) is 18.8 Å². The largest absolute Gasteiger partial charge is 0.393 e. The molecular weight excluding hydrogens is 376 g/mol. The molecule has 2 atom stereocenters. The van der Waals surface area contributed by atoms with Gasteiger partial charge in [-0.3, -0.25) is 0 Å². The van der Waals surface area contributed by atoms with Crippen LogP contribution in [0.5, 0.6) is 0 Å². The highest BCUT2D eigenvalue weighted by atomic mass is 16.3. The highest BCUT2D eigenvalue weighted by molar-refractivity contribution is 4.65. The number of unbranched alkanes of at least 4 members (excludes halogenated alkanes) is 19. The molecule has 0 amide bonds. The summed E-state index contributed by atoms with van der Waals surface area (Å²) >= 11 is 0. The molecule has 0 aliphatic carbocycles. The molecule has 0 aromatic heterocycles. The topological polar surface area (TPSA) is 20.2 Å². The van der Waals surface area contributed by atoms with Crippen molar-refractivity contribution >= 4 is 0 Å². The highest BCUT2D eigenvalue weighted by Crippen LogP contribution is 2.22. The van der Waals surface area contributed by atoms with E-state index < -0.39 is 0 Å². The molecule has 0 bridgehead atoms. The number of hydrogen-bond donors (Lipinski definition) is 1. The predicted molar refractivity (Wildman–Crippen MR) is 142 cm³/mol. The first-order chi connectivity index (χ1) is 15.2. The Bertz CT molecular complexity index is 314. The van der Waals surface area contributed by atoms with Gasteiger partial charge in [0, 0.05) is 0 Å². The van der Waals surface area contributed by atoms with Crippen molar-refractivity contribution in [2.45, 2.75) is 187 Å². The number of hydrogen-bond acceptors (Lipinski definition) is 1. The van der Waals surface area contributed by atoms with E-state index in [-0.39, 0.29) is 6.10 Å². The number of aliphatic hydroxyl groups is 1. The summed E-state index contributed by atoms with van der Waals surface area (Å²) in [6.07, 6.45) is 34.1. The predicted octanol–water partition coefficient (Wildman–Crippen LogP) is 10.8. The lowest BCUT2D eigenvalue weighted by Crippen LogP contribution is -2.13. The summed E-state index contributed by atoms with van der Waals surface area (Å²) in [6, 6.07) is 0. The molecule has 0 aromatic carbocycles. The van der Waals surface area contributed by atoms with E-state index in [1.807, 2.05) is 0 Å². The first-order valence-corrected chi connectivity index (χ1v) is 14.9. The van der Waals surface area contributed by atoms with Crippen LogP contribution in [0.4, 0.5) is 0 Å². The molecule has 0 radical (unpaired) electrons. The van der Waals surface area contributed by atoms with Crippen LogP contribution in [0.1, 0.15) is 181 Å². The van der Waals surface area contributed by atoms with Crippen molar-refractivity contribution in [3.05, 3.63) is 0 Å². The van der Waals surface area contributed by atoms with Gasteiger partial charge in [-0.05, 0) is 18.8 Å². The van der Waals surface area contributed by atoms with E-state index in [9.17, 15) is 5.11 Å². The summed E-state index contributed by atoms with van der Waals surface area (Å²) in [5, 5.41) is 10.5. The SMILES string of the molecule is CCCCCCCCCCCCCCC(O)CC(CC)CCCCCCCCCCC.